The molecule has 1 aromatic carbocycles. The number of para-hydroxylation sites is 1. The minimum atomic E-state index is -0.00721. The molecule has 3 nitrogen and oxygen atoms in total. The molecule has 0 aliphatic heterocycles. The van der Waals surface area contributed by atoms with Crippen LogP contribution in [0.3, 0.4) is 0 Å². The molecule has 1 aromatic rings. The van der Waals surface area contributed by atoms with E-state index in [-0.39, 0.29) is 6.04 Å². The molecule has 0 fully saturated rings. The van der Waals surface area contributed by atoms with E-state index in [9.17, 15) is 0 Å². The van der Waals surface area contributed by atoms with Crippen molar-refractivity contribution in [3.05, 3.63) is 29.8 Å². The van der Waals surface area contributed by atoms with Gasteiger partial charge in [0.25, 0.3) is 0 Å². The number of benzene rings is 1. The smallest absolute Gasteiger partial charge is 0.124 e. The van der Waals surface area contributed by atoms with E-state index in [1.54, 1.807) is 0 Å². The molecule has 1 atom stereocenters. The number of rotatable bonds is 8. The third-order valence-corrected chi connectivity index (χ3v) is 2.54. The first kappa shape index (κ1) is 14.0. The van der Waals surface area contributed by atoms with E-state index in [0.29, 0.717) is 13.2 Å². The maximum absolute atomic E-state index is 5.87. The lowest BCUT2D eigenvalue weighted by Gasteiger charge is -2.13. The van der Waals surface area contributed by atoms with Crippen LogP contribution >= 0.6 is 0 Å². The Morgan fingerprint density at radius 1 is 1.18 bits per heavy atom. The Hall–Kier alpha value is -1.06. The fraction of sp³-hybridized carbons (Fsp3) is 0.571. The molecule has 1 rings (SSSR count). The summed E-state index contributed by atoms with van der Waals surface area (Å²) in [6.45, 7) is 6.13. The van der Waals surface area contributed by atoms with Crippen molar-refractivity contribution in [3.63, 3.8) is 0 Å². The molecule has 0 bridgehead atoms. The number of unbranched alkanes of at least 4 members (excludes halogenated alkanes) is 1. The zero-order valence-corrected chi connectivity index (χ0v) is 10.8. The molecule has 0 amide bonds. The van der Waals surface area contributed by atoms with Gasteiger partial charge in [0.05, 0.1) is 6.61 Å². The Balaban J connectivity index is 2.31. The van der Waals surface area contributed by atoms with Crippen molar-refractivity contribution in [2.24, 2.45) is 5.73 Å². The van der Waals surface area contributed by atoms with E-state index in [0.717, 1.165) is 30.8 Å². The van der Waals surface area contributed by atoms with Crippen molar-refractivity contribution in [2.75, 3.05) is 19.8 Å². The summed E-state index contributed by atoms with van der Waals surface area (Å²) in [5.74, 6) is 0.863. The maximum Gasteiger partial charge on any atom is 0.124 e. The molecule has 96 valence electrons. The van der Waals surface area contributed by atoms with Gasteiger partial charge in [-0.1, -0.05) is 31.5 Å². The lowest BCUT2D eigenvalue weighted by atomic mass is 10.1. The zero-order chi connectivity index (χ0) is 12.5. The molecule has 0 aromatic heterocycles. The van der Waals surface area contributed by atoms with E-state index < -0.39 is 0 Å². The average molecular weight is 237 g/mol. The van der Waals surface area contributed by atoms with Crippen molar-refractivity contribution in [1.29, 1.82) is 0 Å². The fourth-order valence-corrected chi connectivity index (χ4v) is 1.55. The largest absolute Gasteiger partial charge is 0.491 e. The van der Waals surface area contributed by atoms with Crippen LogP contribution in [0.4, 0.5) is 0 Å². The molecule has 0 saturated carbocycles. The normalized spacial score (nSPS) is 12.4. The maximum atomic E-state index is 5.87. The second-order valence-electron chi connectivity index (χ2n) is 4.14. The van der Waals surface area contributed by atoms with E-state index in [1.165, 1.54) is 0 Å². The van der Waals surface area contributed by atoms with Crippen molar-refractivity contribution in [2.45, 2.75) is 32.7 Å². The molecule has 0 radical (unpaired) electrons. The van der Waals surface area contributed by atoms with Crippen LogP contribution in [0.15, 0.2) is 24.3 Å². The van der Waals surface area contributed by atoms with E-state index >= 15 is 0 Å². The fourth-order valence-electron chi connectivity index (χ4n) is 1.55. The molecular formula is C14H23NO2. The minimum Gasteiger partial charge on any atom is -0.491 e. The van der Waals surface area contributed by atoms with Gasteiger partial charge >= 0.3 is 0 Å². The van der Waals surface area contributed by atoms with Crippen LogP contribution in [0.2, 0.25) is 0 Å². The Kier molecular flexibility index (Phi) is 6.67. The van der Waals surface area contributed by atoms with Gasteiger partial charge in [-0.3, -0.25) is 0 Å². The molecule has 0 aliphatic carbocycles. The average Bonchev–Trinajstić information content (AvgIpc) is 2.34. The van der Waals surface area contributed by atoms with Gasteiger partial charge in [-0.15, -0.1) is 0 Å². The second-order valence-corrected chi connectivity index (χ2v) is 4.14. The van der Waals surface area contributed by atoms with Gasteiger partial charge in [-0.2, -0.15) is 0 Å². The number of hydrogen-bond acceptors (Lipinski definition) is 3. The number of hydrogen-bond donors (Lipinski definition) is 1. The molecule has 0 heterocycles. The lowest BCUT2D eigenvalue weighted by Crippen LogP contribution is -2.11. The standard InChI is InChI=1S/C14H23NO2/c1-3-4-9-16-10-11-17-14-8-6-5-7-13(14)12(2)15/h5-8,12H,3-4,9-11,15H2,1-2H3/t12-/m1/s1. The molecule has 0 saturated heterocycles. The summed E-state index contributed by atoms with van der Waals surface area (Å²) in [5.41, 5.74) is 6.92. The van der Waals surface area contributed by atoms with Gasteiger partial charge < -0.3 is 15.2 Å². The van der Waals surface area contributed by atoms with E-state index in [1.807, 2.05) is 31.2 Å². The van der Waals surface area contributed by atoms with Crippen LogP contribution in [-0.2, 0) is 4.74 Å². The predicted molar refractivity (Wildman–Crippen MR) is 70.3 cm³/mol. The highest BCUT2D eigenvalue weighted by Crippen LogP contribution is 2.22. The third-order valence-electron chi connectivity index (χ3n) is 2.54. The van der Waals surface area contributed by atoms with Gasteiger partial charge in [0.2, 0.25) is 0 Å². The first-order valence-corrected chi connectivity index (χ1v) is 6.30. The zero-order valence-electron chi connectivity index (χ0n) is 10.8. The van der Waals surface area contributed by atoms with Crippen molar-refractivity contribution < 1.29 is 9.47 Å². The van der Waals surface area contributed by atoms with Crippen LogP contribution in [0.25, 0.3) is 0 Å². The van der Waals surface area contributed by atoms with E-state index in [2.05, 4.69) is 6.92 Å². The van der Waals surface area contributed by atoms with Gasteiger partial charge in [0.15, 0.2) is 0 Å². The summed E-state index contributed by atoms with van der Waals surface area (Å²) in [7, 11) is 0. The van der Waals surface area contributed by atoms with Crippen LogP contribution < -0.4 is 10.5 Å². The SMILES string of the molecule is CCCCOCCOc1ccccc1[C@@H](C)N. The summed E-state index contributed by atoms with van der Waals surface area (Å²) < 4.78 is 11.1. The molecule has 2 N–H and O–H groups in total. The van der Waals surface area contributed by atoms with E-state index in [4.69, 9.17) is 15.2 Å². The third kappa shape index (κ3) is 5.20. The Labute approximate surface area is 104 Å². The van der Waals surface area contributed by atoms with Gasteiger partial charge in [-0.05, 0) is 19.4 Å². The summed E-state index contributed by atoms with van der Waals surface area (Å²) in [5, 5.41) is 0. The van der Waals surface area contributed by atoms with Gasteiger partial charge in [0, 0.05) is 18.2 Å². The second kappa shape index (κ2) is 8.09. The highest BCUT2D eigenvalue weighted by molar-refractivity contribution is 5.35. The summed E-state index contributed by atoms with van der Waals surface area (Å²) >= 11 is 0. The predicted octanol–water partition coefficient (Wildman–Crippen LogP) is 2.90. The Bertz CT molecular complexity index is 313. The molecule has 0 unspecified atom stereocenters. The van der Waals surface area contributed by atoms with Crippen molar-refractivity contribution >= 4 is 0 Å². The summed E-state index contributed by atoms with van der Waals surface area (Å²) in [4.78, 5) is 0. The van der Waals surface area contributed by atoms with Gasteiger partial charge in [-0.25, -0.2) is 0 Å². The minimum absolute atomic E-state index is 0.00721. The highest BCUT2D eigenvalue weighted by atomic mass is 16.5. The van der Waals surface area contributed by atoms with Crippen molar-refractivity contribution in [3.8, 4) is 5.75 Å². The first-order chi connectivity index (χ1) is 8.25. The monoisotopic (exact) mass is 237 g/mol. The van der Waals surface area contributed by atoms with Gasteiger partial charge in [0.1, 0.15) is 12.4 Å². The topological polar surface area (TPSA) is 44.5 Å². The van der Waals surface area contributed by atoms with Crippen LogP contribution in [0, 0.1) is 0 Å². The van der Waals surface area contributed by atoms with Crippen LogP contribution in [0.5, 0.6) is 5.75 Å². The molecule has 0 aliphatic rings. The Morgan fingerprint density at radius 2 is 1.94 bits per heavy atom. The molecular weight excluding hydrogens is 214 g/mol. The summed E-state index contributed by atoms with van der Waals surface area (Å²) in [6.07, 6.45) is 2.27. The lowest BCUT2D eigenvalue weighted by molar-refractivity contribution is 0.0976. The molecule has 0 spiro atoms. The quantitative estimate of drug-likeness (QED) is 0.707. The molecule has 3 heteroatoms. The first-order valence-electron chi connectivity index (χ1n) is 6.30. The number of ether oxygens (including phenoxy) is 2. The molecule has 17 heavy (non-hydrogen) atoms. The number of nitrogens with two attached hydrogens (primary N) is 1. The summed E-state index contributed by atoms with van der Waals surface area (Å²) in [6, 6.07) is 7.87. The highest BCUT2D eigenvalue weighted by Gasteiger charge is 2.06. The van der Waals surface area contributed by atoms with Crippen LogP contribution in [-0.4, -0.2) is 19.8 Å². The van der Waals surface area contributed by atoms with Crippen molar-refractivity contribution in [1.82, 2.24) is 0 Å². The van der Waals surface area contributed by atoms with Crippen LogP contribution in [0.1, 0.15) is 38.3 Å². The Morgan fingerprint density at radius 3 is 2.65 bits per heavy atom.